The number of hydrogen-bond acceptors (Lipinski definition) is 5. The molecule has 3 rings (SSSR count). The highest BCUT2D eigenvalue weighted by Gasteiger charge is 2.34. The number of anilines is 1. The summed E-state index contributed by atoms with van der Waals surface area (Å²) in [4.78, 5) is 5.58. The number of hydrogen-bond donors (Lipinski definition) is 1. The molecule has 0 radical (unpaired) electrons. The molecule has 1 atom stereocenters. The second-order valence-electron chi connectivity index (χ2n) is 5.27. The average molecular weight is 312 g/mol. The van der Waals surface area contributed by atoms with Crippen molar-refractivity contribution in [1.29, 1.82) is 0 Å². The minimum absolute atomic E-state index is 0.108. The van der Waals surface area contributed by atoms with Gasteiger partial charge in [-0.3, -0.25) is 4.90 Å². The maximum atomic E-state index is 12.4. The molecule has 0 bridgehead atoms. The Morgan fingerprint density at radius 2 is 2.05 bits per heavy atom. The molecule has 1 aliphatic heterocycles. The Morgan fingerprint density at radius 3 is 2.77 bits per heavy atom. The van der Waals surface area contributed by atoms with Gasteiger partial charge in [-0.1, -0.05) is 18.2 Å². The van der Waals surface area contributed by atoms with Crippen LogP contribution in [0.4, 0.5) is 19.1 Å². The topological polar surface area (TPSA) is 54.2 Å². The molecule has 0 aliphatic carbocycles. The first-order valence-electron chi connectivity index (χ1n) is 6.94. The molecule has 1 aromatic carbocycles. The number of nitrogens with zero attached hydrogens (tertiary/aromatic N) is 3. The van der Waals surface area contributed by atoms with Gasteiger partial charge in [-0.2, -0.15) is 18.2 Å². The van der Waals surface area contributed by atoms with Crippen molar-refractivity contribution < 1.29 is 17.7 Å². The summed E-state index contributed by atoms with van der Waals surface area (Å²) in [7, 11) is 0. The second-order valence-corrected chi connectivity index (χ2v) is 5.27. The van der Waals surface area contributed by atoms with E-state index in [0.717, 1.165) is 5.56 Å². The van der Waals surface area contributed by atoms with Crippen molar-refractivity contribution in [3.05, 3.63) is 30.3 Å². The molecule has 118 valence electrons. The minimum Gasteiger partial charge on any atom is -0.348 e. The highest BCUT2D eigenvalue weighted by molar-refractivity contribution is 5.53. The van der Waals surface area contributed by atoms with Crippen molar-refractivity contribution >= 4 is 5.95 Å². The van der Waals surface area contributed by atoms with Crippen molar-refractivity contribution in [3.63, 3.8) is 0 Å². The van der Waals surface area contributed by atoms with Gasteiger partial charge in [0.05, 0.1) is 6.54 Å². The van der Waals surface area contributed by atoms with E-state index in [9.17, 15) is 13.2 Å². The summed E-state index contributed by atoms with van der Waals surface area (Å²) in [6, 6.07) is 9.18. The van der Waals surface area contributed by atoms with E-state index in [-0.39, 0.29) is 6.04 Å². The van der Waals surface area contributed by atoms with Crippen LogP contribution in [0.3, 0.4) is 0 Å². The first-order valence-corrected chi connectivity index (χ1v) is 6.94. The molecule has 1 saturated heterocycles. The lowest BCUT2D eigenvalue weighted by Gasteiger charge is -2.17. The zero-order valence-electron chi connectivity index (χ0n) is 11.7. The molecular weight excluding hydrogens is 297 g/mol. The molecule has 0 amide bonds. The lowest BCUT2D eigenvalue weighted by atomic mass is 10.2. The van der Waals surface area contributed by atoms with Gasteiger partial charge in [-0.25, -0.2) is 0 Å². The molecule has 1 aliphatic rings. The van der Waals surface area contributed by atoms with Crippen molar-refractivity contribution in [2.24, 2.45) is 0 Å². The van der Waals surface area contributed by atoms with Crippen molar-refractivity contribution in [2.75, 3.05) is 25.0 Å². The Morgan fingerprint density at radius 1 is 1.27 bits per heavy atom. The Kier molecular flexibility index (Phi) is 4.02. The van der Waals surface area contributed by atoms with Crippen LogP contribution in [0.5, 0.6) is 0 Å². The van der Waals surface area contributed by atoms with Gasteiger partial charge in [0, 0.05) is 24.7 Å². The Hall–Kier alpha value is -2.09. The number of halogens is 3. The summed E-state index contributed by atoms with van der Waals surface area (Å²) in [5, 5.41) is 6.84. The summed E-state index contributed by atoms with van der Waals surface area (Å²) in [5.41, 5.74) is 0.799. The van der Waals surface area contributed by atoms with Crippen molar-refractivity contribution in [2.45, 2.75) is 18.6 Å². The maximum absolute atomic E-state index is 12.4. The Labute approximate surface area is 125 Å². The average Bonchev–Trinajstić information content (AvgIpc) is 3.08. The third-order valence-corrected chi connectivity index (χ3v) is 3.46. The van der Waals surface area contributed by atoms with Crippen LogP contribution in [-0.4, -0.2) is 46.9 Å². The lowest BCUT2D eigenvalue weighted by molar-refractivity contribution is -0.143. The van der Waals surface area contributed by atoms with Gasteiger partial charge in [0.15, 0.2) is 0 Å². The highest BCUT2D eigenvalue weighted by Crippen LogP contribution is 2.22. The number of rotatable bonds is 4. The lowest BCUT2D eigenvalue weighted by Crippen LogP contribution is -2.34. The van der Waals surface area contributed by atoms with Crippen molar-refractivity contribution in [1.82, 2.24) is 15.0 Å². The van der Waals surface area contributed by atoms with Gasteiger partial charge in [0.1, 0.15) is 0 Å². The number of likely N-dealkylation sites (tertiary alicyclic amines) is 1. The summed E-state index contributed by atoms with van der Waals surface area (Å²) in [5.74, 6) is 0.686. The fraction of sp³-hybridized carbons (Fsp3) is 0.429. The summed E-state index contributed by atoms with van der Waals surface area (Å²) < 4.78 is 42.2. The van der Waals surface area contributed by atoms with E-state index >= 15 is 0 Å². The molecule has 1 fully saturated rings. The number of nitrogens with one attached hydrogen (secondary N) is 1. The van der Waals surface area contributed by atoms with E-state index in [0.29, 0.717) is 31.3 Å². The monoisotopic (exact) mass is 312 g/mol. The largest absolute Gasteiger partial charge is 0.401 e. The molecule has 1 N–H and O–H groups in total. The van der Waals surface area contributed by atoms with Crippen LogP contribution in [-0.2, 0) is 0 Å². The maximum Gasteiger partial charge on any atom is 0.401 e. The highest BCUT2D eigenvalue weighted by atomic mass is 19.4. The molecule has 0 saturated carbocycles. The predicted molar refractivity (Wildman–Crippen MR) is 74.3 cm³/mol. The van der Waals surface area contributed by atoms with Crippen molar-refractivity contribution in [3.8, 4) is 11.5 Å². The van der Waals surface area contributed by atoms with E-state index < -0.39 is 12.7 Å². The first-order chi connectivity index (χ1) is 10.5. The van der Waals surface area contributed by atoms with E-state index in [1.807, 2.05) is 30.3 Å². The van der Waals surface area contributed by atoms with E-state index in [1.54, 1.807) is 0 Å². The normalized spacial score (nSPS) is 19.5. The molecule has 8 heteroatoms. The molecule has 22 heavy (non-hydrogen) atoms. The van der Waals surface area contributed by atoms with Gasteiger partial charge >= 0.3 is 6.18 Å². The van der Waals surface area contributed by atoms with E-state index in [2.05, 4.69) is 15.5 Å². The molecule has 2 heterocycles. The van der Waals surface area contributed by atoms with Crippen LogP contribution in [0.2, 0.25) is 0 Å². The third kappa shape index (κ3) is 3.76. The molecule has 1 unspecified atom stereocenters. The molecule has 0 spiro atoms. The summed E-state index contributed by atoms with van der Waals surface area (Å²) >= 11 is 0. The number of aromatic nitrogens is 2. The standard InChI is InChI=1S/C14H15F3N4O/c15-14(16,17)9-21-7-6-11(8-21)18-13-19-12(22-20-13)10-4-2-1-3-5-10/h1-5,11H,6-9H2,(H,18,20). The van der Waals surface area contributed by atoms with E-state index in [4.69, 9.17) is 4.52 Å². The Balaban J connectivity index is 1.58. The van der Waals surface area contributed by atoms with Crippen LogP contribution in [0, 0.1) is 0 Å². The SMILES string of the molecule is FC(F)(F)CN1CCC(Nc2noc(-c3ccccc3)n2)C1. The van der Waals surface area contributed by atoms with Crippen LogP contribution < -0.4 is 5.32 Å². The number of alkyl halides is 3. The van der Waals surface area contributed by atoms with Gasteiger partial charge < -0.3 is 9.84 Å². The smallest absolute Gasteiger partial charge is 0.348 e. The molecular formula is C14H15F3N4O. The molecule has 2 aromatic rings. The van der Waals surface area contributed by atoms with Crippen LogP contribution in [0.25, 0.3) is 11.5 Å². The fourth-order valence-corrected chi connectivity index (χ4v) is 2.51. The van der Waals surface area contributed by atoms with Gasteiger partial charge in [0.2, 0.25) is 0 Å². The van der Waals surface area contributed by atoms with Gasteiger partial charge in [-0.05, 0) is 23.7 Å². The van der Waals surface area contributed by atoms with Crippen LogP contribution >= 0.6 is 0 Å². The zero-order valence-corrected chi connectivity index (χ0v) is 11.7. The molecule has 5 nitrogen and oxygen atoms in total. The second kappa shape index (κ2) is 5.96. The van der Waals surface area contributed by atoms with E-state index in [1.165, 1.54) is 4.90 Å². The first kappa shape index (κ1) is 14.8. The Bertz CT molecular complexity index is 614. The summed E-state index contributed by atoms with van der Waals surface area (Å²) in [6.45, 7) is -0.165. The quantitative estimate of drug-likeness (QED) is 0.941. The third-order valence-electron chi connectivity index (χ3n) is 3.46. The zero-order chi connectivity index (χ0) is 15.6. The fourth-order valence-electron chi connectivity index (χ4n) is 2.51. The van der Waals surface area contributed by atoms with Crippen LogP contribution in [0.15, 0.2) is 34.9 Å². The number of benzene rings is 1. The predicted octanol–water partition coefficient (Wildman–Crippen LogP) is 2.79. The minimum atomic E-state index is -4.17. The van der Waals surface area contributed by atoms with Gasteiger partial charge in [0.25, 0.3) is 11.8 Å². The molecule has 1 aromatic heterocycles. The van der Waals surface area contributed by atoms with Gasteiger partial charge in [-0.15, -0.1) is 0 Å². The van der Waals surface area contributed by atoms with Crippen LogP contribution in [0.1, 0.15) is 6.42 Å². The summed E-state index contributed by atoms with van der Waals surface area (Å²) in [6.07, 6.45) is -3.55.